The lowest BCUT2D eigenvalue weighted by Crippen LogP contribution is -2.33. The Hall–Kier alpha value is -0.640. The number of rotatable bonds is 2. The van der Waals surface area contributed by atoms with Crippen molar-refractivity contribution in [3.63, 3.8) is 0 Å². The molecular weight excluding hydrogens is 251 g/mol. The van der Waals surface area contributed by atoms with Crippen molar-refractivity contribution < 1.29 is 4.39 Å². The Morgan fingerprint density at radius 3 is 2.89 bits per heavy atom. The van der Waals surface area contributed by atoms with Gasteiger partial charge in [-0.3, -0.25) is 4.90 Å². The third-order valence-electron chi connectivity index (χ3n) is 3.86. The van der Waals surface area contributed by atoms with Crippen molar-refractivity contribution in [1.82, 2.24) is 4.90 Å². The van der Waals surface area contributed by atoms with E-state index in [1.807, 2.05) is 7.05 Å². The number of nitrogens with zero attached hydrogens (tertiary/aromatic N) is 1. The minimum Gasteiger partial charge on any atom is -0.330 e. The zero-order valence-corrected chi connectivity index (χ0v) is 11.5. The molecule has 1 aromatic rings. The number of benzene rings is 1. The zero-order chi connectivity index (χ0) is 13.1. The molecule has 18 heavy (non-hydrogen) atoms. The molecule has 100 valence electrons. The zero-order valence-electron chi connectivity index (χ0n) is 10.7. The van der Waals surface area contributed by atoms with Crippen LogP contribution in [0, 0.1) is 11.7 Å². The molecule has 0 amide bonds. The van der Waals surface area contributed by atoms with Crippen LogP contribution in [-0.4, -0.2) is 25.0 Å². The fourth-order valence-corrected chi connectivity index (χ4v) is 3.20. The molecule has 0 radical (unpaired) electrons. The highest BCUT2D eigenvalue weighted by atomic mass is 35.5. The van der Waals surface area contributed by atoms with Gasteiger partial charge in [0, 0.05) is 16.6 Å². The Balaban J connectivity index is 2.43. The molecule has 1 saturated heterocycles. The second kappa shape index (κ2) is 6.00. The lowest BCUT2D eigenvalue weighted by Gasteiger charge is -2.33. The van der Waals surface area contributed by atoms with E-state index in [9.17, 15) is 4.39 Å². The molecule has 1 aromatic carbocycles. The number of nitrogens with two attached hydrogens (primary N) is 1. The highest BCUT2D eigenvalue weighted by molar-refractivity contribution is 6.31. The van der Waals surface area contributed by atoms with Crippen LogP contribution in [0.3, 0.4) is 0 Å². The Labute approximate surface area is 113 Å². The summed E-state index contributed by atoms with van der Waals surface area (Å²) in [5.41, 5.74) is 6.48. The maximum absolute atomic E-state index is 14.1. The van der Waals surface area contributed by atoms with Crippen molar-refractivity contribution in [2.75, 3.05) is 20.1 Å². The Morgan fingerprint density at radius 1 is 1.44 bits per heavy atom. The van der Waals surface area contributed by atoms with Gasteiger partial charge in [0.05, 0.1) is 0 Å². The van der Waals surface area contributed by atoms with Gasteiger partial charge < -0.3 is 5.73 Å². The highest BCUT2D eigenvalue weighted by Crippen LogP contribution is 2.38. The van der Waals surface area contributed by atoms with Crippen LogP contribution in [0.15, 0.2) is 18.2 Å². The Kier molecular flexibility index (Phi) is 4.60. The minimum atomic E-state index is -0.222. The van der Waals surface area contributed by atoms with Gasteiger partial charge in [0.1, 0.15) is 5.82 Å². The first-order chi connectivity index (χ1) is 8.65. The van der Waals surface area contributed by atoms with Crippen LogP contribution in [0.25, 0.3) is 0 Å². The quantitative estimate of drug-likeness (QED) is 0.894. The molecule has 2 rings (SSSR count). The van der Waals surface area contributed by atoms with E-state index in [1.54, 1.807) is 12.1 Å². The van der Waals surface area contributed by atoms with Crippen molar-refractivity contribution in [3.8, 4) is 0 Å². The van der Waals surface area contributed by atoms with Gasteiger partial charge in [-0.2, -0.15) is 0 Å². The molecular formula is C14H20ClFN2. The molecule has 1 fully saturated rings. The first-order valence-electron chi connectivity index (χ1n) is 6.49. The van der Waals surface area contributed by atoms with Crippen LogP contribution in [0.1, 0.15) is 30.9 Å². The fraction of sp³-hybridized carbons (Fsp3) is 0.571. The summed E-state index contributed by atoms with van der Waals surface area (Å²) in [6.07, 6.45) is 3.32. The van der Waals surface area contributed by atoms with E-state index < -0.39 is 0 Å². The summed E-state index contributed by atoms with van der Waals surface area (Å²) in [7, 11) is 2.03. The molecule has 0 bridgehead atoms. The number of hydrogen-bond acceptors (Lipinski definition) is 2. The van der Waals surface area contributed by atoms with Crippen LogP contribution in [0.2, 0.25) is 5.02 Å². The maximum atomic E-state index is 14.1. The van der Waals surface area contributed by atoms with Crippen molar-refractivity contribution in [3.05, 3.63) is 34.6 Å². The minimum absolute atomic E-state index is 0.00815. The van der Waals surface area contributed by atoms with Crippen molar-refractivity contribution in [1.29, 1.82) is 0 Å². The molecule has 4 heteroatoms. The molecule has 2 atom stereocenters. The van der Waals surface area contributed by atoms with Gasteiger partial charge in [0.2, 0.25) is 0 Å². The third kappa shape index (κ3) is 2.68. The lowest BCUT2D eigenvalue weighted by molar-refractivity contribution is 0.191. The summed E-state index contributed by atoms with van der Waals surface area (Å²) in [6, 6.07) is 4.88. The average molecular weight is 271 g/mol. The predicted molar refractivity (Wildman–Crippen MR) is 73.2 cm³/mol. The molecule has 0 aromatic heterocycles. The Morgan fingerprint density at radius 2 is 2.22 bits per heavy atom. The van der Waals surface area contributed by atoms with Gasteiger partial charge in [-0.25, -0.2) is 4.39 Å². The summed E-state index contributed by atoms with van der Waals surface area (Å²) in [4.78, 5) is 2.19. The molecule has 0 spiro atoms. The molecule has 2 nitrogen and oxygen atoms in total. The predicted octanol–water partition coefficient (Wildman–Crippen LogP) is 3.21. The normalized spacial score (nSPS) is 26.0. The number of hydrogen-bond donors (Lipinski definition) is 1. The molecule has 1 heterocycles. The molecule has 0 saturated carbocycles. The second-order valence-electron chi connectivity index (χ2n) is 5.05. The van der Waals surface area contributed by atoms with Crippen LogP contribution in [-0.2, 0) is 0 Å². The van der Waals surface area contributed by atoms with Crippen LogP contribution < -0.4 is 5.73 Å². The summed E-state index contributed by atoms with van der Waals surface area (Å²) >= 11 is 6.20. The monoisotopic (exact) mass is 270 g/mol. The fourth-order valence-electron chi connectivity index (χ4n) is 2.92. The smallest absolute Gasteiger partial charge is 0.129 e. The topological polar surface area (TPSA) is 29.3 Å². The van der Waals surface area contributed by atoms with Crippen LogP contribution in [0.4, 0.5) is 4.39 Å². The van der Waals surface area contributed by atoms with Crippen molar-refractivity contribution in [2.24, 2.45) is 11.7 Å². The van der Waals surface area contributed by atoms with Crippen molar-refractivity contribution in [2.45, 2.75) is 25.3 Å². The number of halogens is 2. The molecule has 1 aliphatic heterocycles. The van der Waals surface area contributed by atoms with E-state index in [0.717, 1.165) is 25.8 Å². The molecule has 2 N–H and O–H groups in total. The second-order valence-corrected chi connectivity index (χ2v) is 5.46. The van der Waals surface area contributed by atoms with Gasteiger partial charge in [-0.05, 0) is 51.0 Å². The van der Waals surface area contributed by atoms with E-state index in [1.165, 1.54) is 6.07 Å². The number of likely N-dealkylation sites (tertiary alicyclic amines) is 1. The standard InChI is InChI=1S/C14H20ClFN2/c1-18-8-3-2-5-10(9-17)14(18)13-11(15)6-4-7-12(13)16/h4,6-7,10,14H,2-3,5,8-9,17H2,1H3. The summed E-state index contributed by atoms with van der Waals surface area (Å²) in [5, 5.41) is 0.507. The first-order valence-corrected chi connectivity index (χ1v) is 6.87. The van der Waals surface area contributed by atoms with E-state index >= 15 is 0 Å². The summed E-state index contributed by atoms with van der Waals surface area (Å²) in [5.74, 6) is 0.0478. The van der Waals surface area contributed by atoms with Crippen molar-refractivity contribution >= 4 is 11.6 Å². The lowest BCUT2D eigenvalue weighted by atomic mass is 9.89. The summed E-state index contributed by atoms with van der Waals surface area (Å²) < 4.78 is 14.1. The third-order valence-corrected chi connectivity index (χ3v) is 4.18. The van der Waals surface area contributed by atoms with Gasteiger partial charge in [-0.1, -0.05) is 24.1 Å². The molecule has 0 aliphatic carbocycles. The Bertz CT molecular complexity index is 391. The highest BCUT2D eigenvalue weighted by Gasteiger charge is 2.31. The largest absolute Gasteiger partial charge is 0.330 e. The van der Waals surface area contributed by atoms with E-state index in [4.69, 9.17) is 17.3 Å². The SMILES string of the molecule is CN1CCCCC(CN)C1c1c(F)cccc1Cl. The van der Waals surface area contributed by atoms with Gasteiger partial charge in [0.15, 0.2) is 0 Å². The van der Waals surface area contributed by atoms with Crippen LogP contribution in [0.5, 0.6) is 0 Å². The van der Waals surface area contributed by atoms with Gasteiger partial charge in [-0.15, -0.1) is 0 Å². The van der Waals surface area contributed by atoms with Gasteiger partial charge >= 0.3 is 0 Å². The molecule has 2 unspecified atom stereocenters. The van der Waals surface area contributed by atoms with E-state index in [2.05, 4.69) is 4.90 Å². The van der Waals surface area contributed by atoms with Gasteiger partial charge in [0.25, 0.3) is 0 Å². The first kappa shape index (κ1) is 13.8. The summed E-state index contributed by atoms with van der Waals surface area (Å²) in [6.45, 7) is 1.53. The van der Waals surface area contributed by atoms with E-state index in [-0.39, 0.29) is 17.8 Å². The van der Waals surface area contributed by atoms with Crippen LogP contribution >= 0.6 is 11.6 Å². The van der Waals surface area contributed by atoms with E-state index in [0.29, 0.717) is 17.1 Å². The maximum Gasteiger partial charge on any atom is 0.129 e. The average Bonchev–Trinajstić information content (AvgIpc) is 2.52. The molecule has 1 aliphatic rings.